The molecule has 1 aromatic rings. The largest absolute Gasteiger partial charge is 0.365 e. The molecule has 16 heavy (non-hydrogen) atoms. The van der Waals surface area contributed by atoms with Crippen LogP contribution >= 0.6 is 0 Å². The molecular formula is C12H18N2O2. The van der Waals surface area contributed by atoms with E-state index in [1.54, 1.807) is 16.8 Å². The zero-order valence-corrected chi connectivity index (χ0v) is 9.77. The Morgan fingerprint density at radius 1 is 1.50 bits per heavy atom. The fourth-order valence-electron chi connectivity index (χ4n) is 1.86. The van der Waals surface area contributed by atoms with Crippen molar-refractivity contribution in [2.75, 3.05) is 0 Å². The van der Waals surface area contributed by atoms with Crippen LogP contribution in [0.25, 0.3) is 0 Å². The maximum atomic E-state index is 11.9. The Labute approximate surface area is 95.1 Å². The van der Waals surface area contributed by atoms with Crippen molar-refractivity contribution in [2.24, 2.45) is 5.73 Å². The predicted octanol–water partition coefficient (Wildman–Crippen LogP) is 1.70. The Morgan fingerprint density at radius 2 is 2.19 bits per heavy atom. The summed E-state index contributed by atoms with van der Waals surface area (Å²) in [6.07, 6.45) is 4.53. The second-order valence-electron chi connectivity index (χ2n) is 3.85. The van der Waals surface area contributed by atoms with E-state index in [4.69, 9.17) is 5.73 Å². The Kier molecular flexibility index (Phi) is 4.28. The number of hydrogen-bond donors (Lipinski definition) is 1. The van der Waals surface area contributed by atoms with Gasteiger partial charge >= 0.3 is 0 Å². The molecule has 0 saturated heterocycles. The van der Waals surface area contributed by atoms with Gasteiger partial charge in [-0.3, -0.25) is 9.59 Å². The molecule has 2 N–H and O–H groups in total. The maximum Gasteiger partial charge on any atom is 0.263 e. The molecule has 88 valence electrons. The third-order valence-electron chi connectivity index (χ3n) is 2.73. The van der Waals surface area contributed by atoms with E-state index in [0.717, 1.165) is 19.3 Å². The summed E-state index contributed by atoms with van der Waals surface area (Å²) in [6, 6.07) is 3.32. The van der Waals surface area contributed by atoms with Crippen molar-refractivity contribution < 1.29 is 4.79 Å². The van der Waals surface area contributed by atoms with Gasteiger partial charge in [0.1, 0.15) is 5.56 Å². The lowest BCUT2D eigenvalue weighted by Crippen LogP contribution is -2.31. The zero-order chi connectivity index (χ0) is 12.1. The highest BCUT2D eigenvalue weighted by Gasteiger charge is 2.13. The Hall–Kier alpha value is -1.58. The van der Waals surface area contributed by atoms with Crippen molar-refractivity contribution in [1.29, 1.82) is 0 Å². The standard InChI is InChI=1S/C12H18N2O2/c1-3-6-9(4-2)14-8-5-7-10(11(13)15)12(14)16/h5,7-9H,3-4,6H2,1-2H3,(H2,13,15). The molecule has 0 fully saturated rings. The Bertz CT molecular complexity index is 423. The maximum absolute atomic E-state index is 11.9. The normalized spacial score (nSPS) is 12.4. The number of nitrogens with two attached hydrogens (primary N) is 1. The van der Waals surface area contributed by atoms with Crippen LogP contribution in [0, 0.1) is 0 Å². The molecule has 0 aliphatic rings. The van der Waals surface area contributed by atoms with Crippen molar-refractivity contribution >= 4 is 5.91 Å². The molecule has 0 radical (unpaired) electrons. The summed E-state index contributed by atoms with van der Waals surface area (Å²) < 4.78 is 1.61. The molecular weight excluding hydrogens is 204 g/mol. The molecule has 0 saturated carbocycles. The van der Waals surface area contributed by atoms with Crippen LogP contribution in [0.15, 0.2) is 23.1 Å². The second kappa shape index (κ2) is 5.49. The van der Waals surface area contributed by atoms with E-state index in [1.165, 1.54) is 6.07 Å². The fourth-order valence-corrected chi connectivity index (χ4v) is 1.86. The first-order chi connectivity index (χ1) is 7.61. The molecule has 0 aliphatic heterocycles. The van der Waals surface area contributed by atoms with Gasteiger partial charge in [0.25, 0.3) is 11.5 Å². The number of carbonyl (C=O) groups is 1. The van der Waals surface area contributed by atoms with Gasteiger partial charge in [-0.1, -0.05) is 20.3 Å². The van der Waals surface area contributed by atoms with Gasteiger partial charge in [0.05, 0.1) is 0 Å². The summed E-state index contributed by atoms with van der Waals surface area (Å²) in [6.45, 7) is 4.11. The summed E-state index contributed by atoms with van der Waals surface area (Å²) >= 11 is 0. The van der Waals surface area contributed by atoms with Crippen LogP contribution in [0.4, 0.5) is 0 Å². The molecule has 0 aromatic carbocycles. The van der Waals surface area contributed by atoms with E-state index >= 15 is 0 Å². The van der Waals surface area contributed by atoms with Gasteiger partial charge in [-0.05, 0) is 25.0 Å². The molecule has 1 heterocycles. The molecule has 1 amide bonds. The van der Waals surface area contributed by atoms with Crippen molar-refractivity contribution in [1.82, 2.24) is 4.57 Å². The highest BCUT2D eigenvalue weighted by Crippen LogP contribution is 2.15. The van der Waals surface area contributed by atoms with Gasteiger partial charge in [-0.25, -0.2) is 0 Å². The summed E-state index contributed by atoms with van der Waals surface area (Å²) in [4.78, 5) is 23.0. The number of hydrogen-bond acceptors (Lipinski definition) is 2. The van der Waals surface area contributed by atoms with E-state index in [-0.39, 0.29) is 17.2 Å². The fraction of sp³-hybridized carbons (Fsp3) is 0.500. The molecule has 0 bridgehead atoms. The van der Waals surface area contributed by atoms with Crippen LogP contribution in [0.1, 0.15) is 49.5 Å². The van der Waals surface area contributed by atoms with Crippen molar-refractivity contribution in [2.45, 2.75) is 39.2 Å². The first-order valence-corrected chi connectivity index (χ1v) is 5.62. The number of pyridine rings is 1. The van der Waals surface area contributed by atoms with Crippen molar-refractivity contribution in [3.63, 3.8) is 0 Å². The zero-order valence-electron chi connectivity index (χ0n) is 9.77. The molecule has 1 aromatic heterocycles. The molecule has 4 heteroatoms. The number of aromatic nitrogens is 1. The van der Waals surface area contributed by atoms with Gasteiger partial charge in [0.15, 0.2) is 0 Å². The van der Waals surface area contributed by atoms with Gasteiger partial charge < -0.3 is 10.3 Å². The molecule has 1 unspecified atom stereocenters. The molecule has 0 aliphatic carbocycles. The quantitative estimate of drug-likeness (QED) is 0.824. The number of primary amides is 1. The lowest BCUT2D eigenvalue weighted by molar-refractivity contribution is 0.0998. The minimum Gasteiger partial charge on any atom is -0.365 e. The van der Waals surface area contributed by atoms with Crippen LogP contribution in [0.5, 0.6) is 0 Å². The summed E-state index contributed by atoms with van der Waals surface area (Å²) in [5, 5.41) is 0. The topological polar surface area (TPSA) is 65.1 Å². The van der Waals surface area contributed by atoms with Gasteiger partial charge in [-0.15, -0.1) is 0 Å². The monoisotopic (exact) mass is 222 g/mol. The lowest BCUT2D eigenvalue weighted by Gasteiger charge is -2.17. The highest BCUT2D eigenvalue weighted by molar-refractivity contribution is 5.92. The van der Waals surface area contributed by atoms with Crippen LogP contribution in [0.2, 0.25) is 0 Å². The SMILES string of the molecule is CCCC(CC)n1cccc(C(N)=O)c1=O. The Morgan fingerprint density at radius 3 is 2.69 bits per heavy atom. The van der Waals surface area contributed by atoms with E-state index in [1.807, 2.05) is 6.92 Å². The van der Waals surface area contributed by atoms with Gasteiger partial charge in [-0.2, -0.15) is 0 Å². The van der Waals surface area contributed by atoms with E-state index < -0.39 is 5.91 Å². The van der Waals surface area contributed by atoms with Crippen LogP contribution in [-0.4, -0.2) is 10.5 Å². The number of nitrogens with zero attached hydrogens (tertiary/aromatic N) is 1. The first-order valence-electron chi connectivity index (χ1n) is 5.62. The van der Waals surface area contributed by atoms with Crippen molar-refractivity contribution in [3.8, 4) is 0 Å². The van der Waals surface area contributed by atoms with E-state index in [9.17, 15) is 9.59 Å². The highest BCUT2D eigenvalue weighted by atomic mass is 16.2. The Balaban J connectivity index is 3.18. The molecule has 1 rings (SSSR count). The number of rotatable bonds is 5. The third-order valence-corrected chi connectivity index (χ3v) is 2.73. The van der Waals surface area contributed by atoms with E-state index in [0.29, 0.717) is 0 Å². The second-order valence-corrected chi connectivity index (χ2v) is 3.85. The number of amides is 1. The van der Waals surface area contributed by atoms with Crippen LogP contribution < -0.4 is 11.3 Å². The summed E-state index contributed by atoms with van der Waals surface area (Å²) in [5.41, 5.74) is 4.93. The predicted molar refractivity (Wildman–Crippen MR) is 63.5 cm³/mol. The van der Waals surface area contributed by atoms with Gasteiger partial charge in [0, 0.05) is 12.2 Å². The van der Waals surface area contributed by atoms with Crippen LogP contribution in [0.3, 0.4) is 0 Å². The third kappa shape index (κ3) is 2.51. The molecule has 1 atom stereocenters. The minimum absolute atomic E-state index is 0.0667. The molecule has 0 spiro atoms. The average Bonchev–Trinajstić information content (AvgIpc) is 2.26. The van der Waals surface area contributed by atoms with E-state index in [2.05, 4.69) is 6.92 Å². The summed E-state index contributed by atoms with van der Waals surface area (Å²) in [7, 11) is 0. The average molecular weight is 222 g/mol. The lowest BCUT2D eigenvalue weighted by atomic mass is 10.1. The van der Waals surface area contributed by atoms with Crippen molar-refractivity contribution in [3.05, 3.63) is 34.2 Å². The summed E-state index contributed by atoms with van der Waals surface area (Å²) in [5.74, 6) is -0.661. The molecule has 4 nitrogen and oxygen atoms in total. The van der Waals surface area contributed by atoms with Gasteiger partial charge in [0.2, 0.25) is 0 Å². The van der Waals surface area contributed by atoms with Crippen LogP contribution in [-0.2, 0) is 0 Å². The first kappa shape index (κ1) is 12.5. The number of carbonyl (C=O) groups excluding carboxylic acids is 1. The minimum atomic E-state index is -0.661. The smallest absolute Gasteiger partial charge is 0.263 e.